The van der Waals surface area contributed by atoms with Crippen LogP contribution in [0.4, 0.5) is 0 Å². The number of nitrogens with one attached hydrogen (secondary N) is 1. The predicted octanol–water partition coefficient (Wildman–Crippen LogP) is 1.33. The summed E-state index contributed by atoms with van der Waals surface area (Å²) >= 11 is 1.69. The standard InChI is InChI=1S/C13H20N2O2S/c1-17-5-4-15(10-12-3-2-6-18-12)13(16)7-11-8-14-9-11/h2-3,6,11,14H,4-5,7-10H2,1H3. The molecule has 1 aromatic rings. The van der Waals surface area contributed by atoms with Gasteiger partial charge in [-0.3, -0.25) is 4.79 Å². The highest BCUT2D eigenvalue weighted by atomic mass is 32.1. The highest BCUT2D eigenvalue weighted by Crippen LogP contribution is 2.15. The SMILES string of the molecule is COCCN(Cc1cccs1)C(=O)CC1CNC1. The summed E-state index contributed by atoms with van der Waals surface area (Å²) in [4.78, 5) is 15.4. The van der Waals surface area contributed by atoms with Gasteiger partial charge in [-0.1, -0.05) is 6.07 Å². The zero-order chi connectivity index (χ0) is 12.8. The van der Waals surface area contributed by atoms with Crippen molar-refractivity contribution in [2.45, 2.75) is 13.0 Å². The first kappa shape index (κ1) is 13.5. The van der Waals surface area contributed by atoms with Gasteiger partial charge in [-0.15, -0.1) is 11.3 Å². The lowest BCUT2D eigenvalue weighted by Crippen LogP contribution is -2.45. The van der Waals surface area contributed by atoms with Crippen LogP contribution in [0, 0.1) is 5.92 Å². The van der Waals surface area contributed by atoms with Crippen molar-refractivity contribution in [3.63, 3.8) is 0 Å². The highest BCUT2D eigenvalue weighted by Gasteiger charge is 2.23. The molecule has 2 heterocycles. The quantitative estimate of drug-likeness (QED) is 0.811. The van der Waals surface area contributed by atoms with E-state index in [1.165, 1.54) is 4.88 Å². The molecule has 0 saturated carbocycles. The topological polar surface area (TPSA) is 41.6 Å². The molecule has 0 bridgehead atoms. The van der Waals surface area contributed by atoms with Gasteiger partial charge >= 0.3 is 0 Å². The number of ether oxygens (including phenoxy) is 1. The number of hydrogen-bond donors (Lipinski definition) is 1. The second-order valence-corrected chi connectivity index (χ2v) is 5.65. The van der Waals surface area contributed by atoms with Gasteiger partial charge < -0.3 is 15.0 Å². The van der Waals surface area contributed by atoms with Gasteiger partial charge in [-0.05, 0) is 30.5 Å². The molecule has 0 radical (unpaired) electrons. The van der Waals surface area contributed by atoms with Crippen LogP contribution >= 0.6 is 11.3 Å². The molecule has 1 fully saturated rings. The normalized spacial score (nSPS) is 15.4. The molecule has 2 rings (SSSR count). The number of carbonyl (C=O) groups is 1. The molecule has 100 valence electrons. The summed E-state index contributed by atoms with van der Waals surface area (Å²) in [6.45, 7) is 3.93. The van der Waals surface area contributed by atoms with E-state index in [1.807, 2.05) is 16.3 Å². The average molecular weight is 268 g/mol. The average Bonchev–Trinajstić information content (AvgIpc) is 2.81. The van der Waals surface area contributed by atoms with Crippen LogP contribution < -0.4 is 5.32 Å². The largest absolute Gasteiger partial charge is 0.383 e. The fraction of sp³-hybridized carbons (Fsp3) is 0.615. The van der Waals surface area contributed by atoms with E-state index in [9.17, 15) is 4.79 Å². The molecule has 0 aliphatic carbocycles. The molecule has 1 amide bonds. The van der Waals surface area contributed by atoms with Crippen molar-refractivity contribution in [2.75, 3.05) is 33.4 Å². The Balaban J connectivity index is 1.87. The number of thiophene rings is 1. The Labute approximate surface area is 112 Å². The summed E-state index contributed by atoms with van der Waals surface area (Å²) in [5, 5.41) is 5.25. The molecule has 1 saturated heterocycles. The maximum atomic E-state index is 12.2. The first-order valence-corrected chi connectivity index (χ1v) is 7.17. The monoisotopic (exact) mass is 268 g/mol. The fourth-order valence-electron chi connectivity index (χ4n) is 1.95. The maximum Gasteiger partial charge on any atom is 0.223 e. The minimum atomic E-state index is 0.243. The zero-order valence-corrected chi connectivity index (χ0v) is 11.5. The predicted molar refractivity (Wildman–Crippen MR) is 72.6 cm³/mol. The Morgan fingerprint density at radius 1 is 1.61 bits per heavy atom. The fourth-order valence-corrected chi connectivity index (χ4v) is 2.67. The van der Waals surface area contributed by atoms with Gasteiger partial charge in [-0.2, -0.15) is 0 Å². The van der Waals surface area contributed by atoms with Gasteiger partial charge in [0.15, 0.2) is 0 Å². The first-order chi connectivity index (χ1) is 8.79. The number of methoxy groups -OCH3 is 1. The van der Waals surface area contributed by atoms with Crippen LogP contribution in [0.5, 0.6) is 0 Å². The molecule has 0 unspecified atom stereocenters. The highest BCUT2D eigenvalue weighted by molar-refractivity contribution is 7.09. The van der Waals surface area contributed by atoms with Crippen LogP contribution in [0.2, 0.25) is 0 Å². The molecule has 4 nitrogen and oxygen atoms in total. The zero-order valence-electron chi connectivity index (χ0n) is 10.7. The van der Waals surface area contributed by atoms with Gasteiger partial charge in [-0.25, -0.2) is 0 Å². The summed E-state index contributed by atoms with van der Waals surface area (Å²) < 4.78 is 5.08. The van der Waals surface area contributed by atoms with Crippen LogP contribution in [0.25, 0.3) is 0 Å². The molecule has 5 heteroatoms. The van der Waals surface area contributed by atoms with Gasteiger partial charge in [0.25, 0.3) is 0 Å². The van der Waals surface area contributed by atoms with Crippen molar-refractivity contribution < 1.29 is 9.53 Å². The van der Waals surface area contributed by atoms with E-state index in [-0.39, 0.29) is 5.91 Å². The Morgan fingerprint density at radius 2 is 2.44 bits per heavy atom. The van der Waals surface area contributed by atoms with Crippen molar-refractivity contribution in [3.8, 4) is 0 Å². The van der Waals surface area contributed by atoms with Crippen molar-refractivity contribution in [3.05, 3.63) is 22.4 Å². The second kappa shape index (κ2) is 6.87. The van der Waals surface area contributed by atoms with Gasteiger partial charge in [0.2, 0.25) is 5.91 Å². The van der Waals surface area contributed by atoms with Crippen LogP contribution in [0.1, 0.15) is 11.3 Å². The second-order valence-electron chi connectivity index (χ2n) is 4.62. The van der Waals surface area contributed by atoms with E-state index >= 15 is 0 Å². The minimum Gasteiger partial charge on any atom is -0.383 e. The molecule has 1 aliphatic rings. The van der Waals surface area contributed by atoms with E-state index < -0.39 is 0 Å². The van der Waals surface area contributed by atoms with Gasteiger partial charge in [0, 0.05) is 25.0 Å². The number of carbonyl (C=O) groups excluding carboxylic acids is 1. The molecule has 1 aromatic heterocycles. The molecular formula is C13H20N2O2S. The molecule has 1 aliphatic heterocycles. The Kier molecular flexibility index (Phi) is 5.16. The number of rotatable bonds is 7. The third-order valence-corrected chi connectivity index (χ3v) is 4.04. The molecule has 0 aromatic carbocycles. The smallest absolute Gasteiger partial charge is 0.223 e. The van der Waals surface area contributed by atoms with Crippen LogP contribution in [0.15, 0.2) is 17.5 Å². The molecule has 18 heavy (non-hydrogen) atoms. The maximum absolute atomic E-state index is 12.2. The summed E-state index contributed by atoms with van der Waals surface area (Å²) in [7, 11) is 1.67. The summed E-state index contributed by atoms with van der Waals surface area (Å²) in [5.74, 6) is 0.762. The Morgan fingerprint density at radius 3 is 3.00 bits per heavy atom. The number of amides is 1. The van der Waals surface area contributed by atoms with E-state index in [2.05, 4.69) is 11.4 Å². The summed E-state index contributed by atoms with van der Waals surface area (Å²) in [6.07, 6.45) is 0.655. The lowest BCUT2D eigenvalue weighted by Gasteiger charge is -2.29. The van der Waals surface area contributed by atoms with Gasteiger partial charge in [0.1, 0.15) is 0 Å². The molecule has 0 spiro atoms. The molecule has 0 atom stereocenters. The van der Waals surface area contributed by atoms with Crippen LogP contribution in [-0.4, -0.2) is 44.2 Å². The van der Waals surface area contributed by atoms with E-state index in [0.29, 0.717) is 32.0 Å². The van der Waals surface area contributed by atoms with E-state index in [1.54, 1.807) is 18.4 Å². The Hall–Kier alpha value is -0.910. The Bertz CT molecular complexity index is 363. The first-order valence-electron chi connectivity index (χ1n) is 6.29. The van der Waals surface area contributed by atoms with Crippen molar-refractivity contribution in [1.29, 1.82) is 0 Å². The van der Waals surface area contributed by atoms with Gasteiger partial charge in [0.05, 0.1) is 13.2 Å². The van der Waals surface area contributed by atoms with Crippen molar-refractivity contribution in [2.24, 2.45) is 5.92 Å². The molecular weight excluding hydrogens is 248 g/mol. The summed E-state index contributed by atoms with van der Waals surface area (Å²) in [5.41, 5.74) is 0. The third kappa shape index (κ3) is 3.80. The number of nitrogens with zero attached hydrogens (tertiary/aromatic N) is 1. The van der Waals surface area contributed by atoms with Crippen LogP contribution in [0.3, 0.4) is 0 Å². The van der Waals surface area contributed by atoms with E-state index in [0.717, 1.165) is 13.1 Å². The summed E-state index contributed by atoms with van der Waals surface area (Å²) in [6, 6.07) is 4.09. The van der Waals surface area contributed by atoms with Crippen LogP contribution in [-0.2, 0) is 16.1 Å². The third-order valence-electron chi connectivity index (χ3n) is 3.17. The van der Waals surface area contributed by atoms with Crippen molar-refractivity contribution >= 4 is 17.2 Å². The number of hydrogen-bond acceptors (Lipinski definition) is 4. The lowest BCUT2D eigenvalue weighted by atomic mass is 9.98. The lowest BCUT2D eigenvalue weighted by molar-refractivity contribution is -0.133. The minimum absolute atomic E-state index is 0.243. The molecule has 1 N–H and O–H groups in total. The van der Waals surface area contributed by atoms with E-state index in [4.69, 9.17) is 4.74 Å². The van der Waals surface area contributed by atoms with Crippen molar-refractivity contribution in [1.82, 2.24) is 10.2 Å².